The molecule has 0 radical (unpaired) electrons. The predicted octanol–water partition coefficient (Wildman–Crippen LogP) is 4.12. The number of hydrogen-bond donors (Lipinski definition) is 2. The zero-order chi connectivity index (χ0) is 23.5. The smallest absolute Gasteiger partial charge is 0.411 e. The molecule has 2 atom stereocenters. The van der Waals surface area contributed by atoms with Gasteiger partial charge in [-0.3, -0.25) is 4.90 Å². The van der Waals surface area contributed by atoms with Gasteiger partial charge in [-0.1, -0.05) is 36.4 Å². The summed E-state index contributed by atoms with van der Waals surface area (Å²) in [7, 11) is 1.50. The minimum absolute atomic E-state index is 0.0132. The highest BCUT2D eigenvalue weighted by atomic mass is 16.6. The van der Waals surface area contributed by atoms with Crippen LogP contribution in [0.2, 0.25) is 0 Å². The maximum atomic E-state index is 13.2. The minimum Gasteiger partial charge on any atom is -0.504 e. The molecular formula is C25H33NO6. The number of hydrogen-bond acceptors (Lipinski definition) is 6. The molecule has 2 aromatic carbocycles. The van der Waals surface area contributed by atoms with E-state index in [0.29, 0.717) is 24.3 Å². The largest absolute Gasteiger partial charge is 0.504 e. The molecule has 1 aliphatic rings. The quantitative estimate of drug-likeness (QED) is 0.698. The first-order valence-electron chi connectivity index (χ1n) is 10.8. The van der Waals surface area contributed by atoms with E-state index in [9.17, 15) is 15.0 Å². The van der Waals surface area contributed by atoms with Crippen LogP contribution in [-0.4, -0.2) is 53.2 Å². The molecule has 0 saturated carbocycles. The first kappa shape index (κ1) is 23.9. The molecule has 174 valence electrons. The van der Waals surface area contributed by atoms with Crippen LogP contribution in [-0.2, 0) is 22.5 Å². The van der Waals surface area contributed by atoms with Crippen molar-refractivity contribution in [1.29, 1.82) is 0 Å². The van der Waals surface area contributed by atoms with E-state index in [4.69, 9.17) is 14.2 Å². The van der Waals surface area contributed by atoms with Crippen LogP contribution in [0.1, 0.15) is 49.1 Å². The lowest BCUT2D eigenvalue weighted by molar-refractivity contribution is -0.0273. The molecule has 0 fully saturated rings. The zero-order valence-corrected chi connectivity index (χ0v) is 19.4. The Morgan fingerprint density at radius 3 is 2.50 bits per heavy atom. The summed E-state index contributed by atoms with van der Waals surface area (Å²) < 4.78 is 17.1. The number of ether oxygens (including phenoxy) is 3. The third-order valence-corrected chi connectivity index (χ3v) is 5.49. The second kappa shape index (κ2) is 9.79. The maximum absolute atomic E-state index is 13.2. The Kier molecular flexibility index (Phi) is 7.31. The van der Waals surface area contributed by atoms with E-state index in [1.807, 2.05) is 43.3 Å². The van der Waals surface area contributed by atoms with Crippen LogP contribution in [0, 0.1) is 6.92 Å². The normalized spacial score (nSPS) is 18.2. The van der Waals surface area contributed by atoms with Crippen LogP contribution in [0.3, 0.4) is 0 Å². The fourth-order valence-electron chi connectivity index (χ4n) is 4.18. The van der Waals surface area contributed by atoms with Crippen molar-refractivity contribution in [3.8, 4) is 11.5 Å². The summed E-state index contributed by atoms with van der Waals surface area (Å²) in [5.41, 5.74) is 2.50. The van der Waals surface area contributed by atoms with Gasteiger partial charge in [-0.2, -0.15) is 0 Å². The van der Waals surface area contributed by atoms with Crippen LogP contribution in [0.4, 0.5) is 4.79 Å². The number of phenolic OH excluding ortho intramolecular Hbond substituents is 1. The number of phenols is 1. The molecule has 0 unspecified atom stereocenters. The molecule has 7 nitrogen and oxygen atoms in total. The fourth-order valence-corrected chi connectivity index (χ4v) is 4.18. The number of benzene rings is 2. The summed E-state index contributed by atoms with van der Waals surface area (Å²) in [6, 6.07) is 10.5. The first-order valence-corrected chi connectivity index (χ1v) is 10.8. The highest BCUT2D eigenvalue weighted by molar-refractivity contribution is 5.71. The van der Waals surface area contributed by atoms with Crippen molar-refractivity contribution in [2.75, 3.05) is 20.3 Å². The average molecular weight is 444 g/mol. The van der Waals surface area contributed by atoms with Gasteiger partial charge in [-0.15, -0.1) is 0 Å². The maximum Gasteiger partial charge on any atom is 0.411 e. The predicted molar refractivity (Wildman–Crippen MR) is 121 cm³/mol. The van der Waals surface area contributed by atoms with Crippen molar-refractivity contribution in [2.45, 2.75) is 58.4 Å². The number of nitrogens with zero attached hydrogens (tertiary/aromatic N) is 1. The lowest BCUT2D eigenvalue weighted by Gasteiger charge is -2.43. The van der Waals surface area contributed by atoms with Crippen molar-refractivity contribution in [3.05, 3.63) is 58.7 Å². The monoisotopic (exact) mass is 443 g/mol. The zero-order valence-electron chi connectivity index (χ0n) is 19.4. The standard InChI is InChI=1S/C25H33NO6/c1-16-11-18-12-19(13-27)26(24(29)32-25(2,3)4)20(21(18)22(28)23(16)30-5)15-31-14-17-9-7-6-8-10-17/h6-11,19-20,27-28H,12-15H2,1-5H3/t19-,20-/m0/s1. The fraction of sp³-hybridized carbons (Fsp3) is 0.480. The van der Waals surface area contributed by atoms with E-state index >= 15 is 0 Å². The van der Waals surface area contributed by atoms with Gasteiger partial charge in [0.2, 0.25) is 0 Å². The van der Waals surface area contributed by atoms with E-state index in [0.717, 1.165) is 16.7 Å². The number of methoxy groups -OCH3 is 1. The van der Waals surface area contributed by atoms with E-state index in [-0.39, 0.29) is 19.0 Å². The van der Waals surface area contributed by atoms with Gasteiger partial charge in [0.05, 0.1) is 39.0 Å². The second-order valence-corrected chi connectivity index (χ2v) is 9.09. The molecule has 0 aliphatic carbocycles. The van der Waals surface area contributed by atoms with Gasteiger partial charge >= 0.3 is 6.09 Å². The number of aromatic hydroxyl groups is 1. The van der Waals surface area contributed by atoms with Crippen molar-refractivity contribution in [1.82, 2.24) is 4.90 Å². The molecule has 0 saturated heterocycles. The van der Waals surface area contributed by atoms with E-state index in [2.05, 4.69) is 0 Å². The number of fused-ring (bicyclic) bond motifs is 1. The number of aryl methyl sites for hydroxylation is 1. The number of rotatable bonds is 6. The number of carbonyl (C=O) groups excluding carboxylic acids is 1. The molecule has 1 heterocycles. The molecule has 2 N–H and O–H groups in total. The van der Waals surface area contributed by atoms with Gasteiger partial charge in [0, 0.05) is 5.56 Å². The van der Waals surface area contributed by atoms with Crippen molar-refractivity contribution in [3.63, 3.8) is 0 Å². The second-order valence-electron chi connectivity index (χ2n) is 9.09. The van der Waals surface area contributed by atoms with Crippen LogP contribution >= 0.6 is 0 Å². The van der Waals surface area contributed by atoms with E-state index < -0.39 is 23.8 Å². The highest BCUT2D eigenvalue weighted by Gasteiger charge is 2.42. The van der Waals surface area contributed by atoms with Gasteiger partial charge < -0.3 is 24.4 Å². The minimum atomic E-state index is -0.709. The molecular weight excluding hydrogens is 410 g/mol. The highest BCUT2D eigenvalue weighted by Crippen LogP contribution is 2.45. The Hall–Kier alpha value is -2.77. The summed E-state index contributed by atoms with van der Waals surface area (Å²) in [6.45, 7) is 7.47. The Bertz CT molecular complexity index is 938. The third-order valence-electron chi connectivity index (χ3n) is 5.49. The van der Waals surface area contributed by atoms with E-state index in [1.165, 1.54) is 12.0 Å². The molecule has 7 heteroatoms. The summed E-state index contributed by atoms with van der Waals surface area (Å²) in [5, 5.41) is 21.2. The van der Waals surface area contributed by atoms with Gasteiger partial charge in [-0.05, 0) is 50.8 Å². The number of carbonyl (C=O) groups is 1. The van der Waals surface area contributed by atoms with Crippen LogP contribution < -0.4 is 4.74 Å². The average Bonchev–Trinajstić information content (AvgIpc) is 2.72. The van der Waals surface area contributed by atoms with Gasteiger partial charge in [0.25, 0.3) is 0 Å². The molecule has 1 aliphatic heterocycles. The molecule has 0 aromatic heterocycles. The molecule has 2 aromatic rings. The van der Waals surface area contributed by atoms with Crippen LogP contribution in [0.15, 0.2) is 36.4 Å². The lowest BCUT2D eigenvalue weighted by atomic mass is 9.86. The number of aliphatic hydroxyl groups excluding tert-OH is 1. The van der Waals surface area contributed by atoms with E-state index in [1.54, 1.807) is 20.8 Å². The Labute approximate surface area is 189 Å². The summed E-state index contributed by atoms with van der Waals surface area (Å²) >= 11 is 0. The van der Waals surface area contributed by atoms with Gasteiger partial charge in [0.15, 0.2) is 11.5 Å². The SMILES string of the molecule is COc1c(C)cc2c(c1O)[C@H](COCc1ccccc1)N(C(=O)OC(C)(C)C)[C@H](CO)C2. The van der Waals surface area contributed by atoms with Crippen LogP contribution in [0.5, 0.6) is 11.5 Å². The molecule has 1 amide bonds. The third kappa shape index (κ3) is 5.16. The van der Waals surface area contributed by atoms with Crippen molar-refractivity contribution < 1.29 is 29.2 Å². The molecule has 0 bridgehead atoms. The number of amides is 1. The lowest BCUT2D eigenvalue weighted by Crippen LogP contribution is -2.52. The van der Waals surface area contributed by atoms with Gasteiger partial charge in [-0.25, -0.2) is 4.79 Å². The van der Waals surface area contributed by atoms with Crippen LogP contribution in [0.25, 0.3) is 0 Å². The summed E-state index contributed by atoms with van der Waals surface area (Å²) in [5.74, 6) is 0.351. The topological polar surface area (TPSA) is 88.5 Å². The van der Waals surface area contributed by atoms with Crippen molar-refractivity contribution >= 4 is 6.09 Å². The molecule has 3 rings (SSSR count). The Balaban J connectivity index is 2.01. The summed E-state index contributed by atoms with van der Waals surface area (Å²) in [4.78, 5) is 14.7. The molecule has 0 spiro atoms. The first-order chi connectivity index (χ1) is 15.2. The van der Waals surface area contributed by atoms with Gasteiger partial charge in [0.1, 0.15) is 5.60 Å². The molecule has 32 heavy (non-hydrogen) atoms. The summed E-state index contributed by atoms with van der Waals surface area (Å²) in [6.07, 6.45) is -0.173. The Morgan fingerprint density at radius 2 is 1.91 bits per heavy atom. The Morgan fingerprint density at radius 1 is 1.22 bits per heavy atom. The number of aliphatic hydroxyl groups is 1. The van der Waals surface area contributed by atoms with Crippen molar-refractivity contribution in [2.24, 2.45) is 0 Å².